The van der Waals surface area contributed by atoms with Crippen LogP contribution in [0.25, 0.3) is 0 Å². The number of amides is 1. The highest BCUT2D eigenvalue weighted by Gasteiger charge is 2.27. The first-order valence-corrected chi connectivity index (χ1v) is 9.05. The summed E-state index contributed by atoms with van der Waals surface area (Å²) in [7, 11) is 0. The molecule has 2 aliphatic heterocycles. The summed E-state index contributed by atoms with van der Waals surface area (Å²) >= 11 is 0. The third-order valence-electron chi connectivity index (χ3n) is 5.73. The van der Waals surface area contributed by atoms with Crippen LogP contribution in [0.4, 0.5) is 0 Å². The minimum absolute atomic E-state index is 0. The first-order valence-electron chi connectivity index (χ1n) is 9.05. The van der Waals surface area contributed by atoms with Gasteiger partial charge in [-0.1, -0.05) is 12.8 Å². The molecule has 1 aliphatic carbocycles. The molecule has 1 saturated carbocycles. The van der Waals surface area contributed by atoms with Gasteiger partial charge >= 0.3 is 0 Å². The molecule has 4 nitrogen and oxygen atoms in total. The second-order valence-corrected chi connectivity index (χ2v) is 7.09. The Morgan fingerprint density at radius 2 is 1.52 bits per heavy atom. The van der Waals surface area contributed by atoms with Crippen LogP contribution in [-0.4, -0.2) is 61.0 Å². The van der Waals surface area contributed by atoms with Crippen molar-refractivity contribution in [2.24, 2.45) is 5.92 Å². The van der Waals surface area contributed by atoms with Crippen molar-refractivity contribution >= 4 is 30.7 Å². The van der Waals surface area contributed by atoms with Gasteiger partial charge in [-0.15, -0.1) is 24.8 Å². The van der Waals surface area contributed by atoms with Crippen LogP contribution < -0.4 is 5.32 Å². The smallest absolute Gasteiger partial charge is 0.222 e. The van der Waals surface area contributed by atoms with Crippen LogP contribution in [0, 0.1) is 5.92 Å². The van der Waals surface area contributed by atoms with Gasteiger partial charge in [-0.3, -0.25) is 9.69 Å². The molecule has 2 heterocycles. The second-order valence-electron chi connectivity index (χ2n) is 7.09. The van der Waals surface area contributed by atoms with Crippen molar-refractivity contribution in [2.75, 3.05) is 39.3 Å². The normalized spacial score (nSPS) is 24.1. The van der Waals surface area contributed by atoms with Crippen molar-refractivity contribution in [1.29, 1.82) is 0 Å². The summed E-state index contributed by atoms with van der Waals surface area (Å²) in [6, 6.07) is 0.817. The lowest BCUT2D eigenvalue weighted by Crippen LogP contribution is -2.51. The van der Waals surface area contributed by atoms with Crippen molar-refractivity contribution in [3.63, 3.8) is 0 Å². The molecule has 0 bridgehead atoms. The van der Waals surface area contributed by atoms with Crippen LogP contribution in [0.1, 0.15) is 51.4 Å². The molecule has 3 aliphatic rings. The Labute approximate surface area is 153 Å². The molecule has 2 saturated heterocycles. The van der Waals surface area contributed by atoms with Gasteiger partial charge in [0.15, 0.2) is 0 Å². The first kappa shape index (κ1) is 21.0. The molecule has 136 valence electrons. The van der Waals surface area contributed by atoms with Gasteiger partial charge in [-0.05, 0) is 51.1 Å². The maximum Gasteiger partial charge on any atom is 0.222 e. The molecule has 3 fully saturated rings. The Hall–Kier alpha value is -0.0300. The van der Waals surface area contributed by atoms with Gasteiger partial charge in [0.25, 0.3) is 0 Å². The maximum absolute atomic E-state index is 12.4. The molecule has 1 N–H and O–H groups in total. The Balaban J connectivity index is 0.00000132. The van der Waals surface area contributed by atoms with E-state index in [-0.39, 0.29) is 24.8 Å². The van der Waals surface area contributed by atoms with E-state index >= 15 is 0 Å². The van der Waals surface area contributed by atoms with Crippen molar-refractivity contribution in [2.45, 2.75) is 57.4 Å². The predicted molar refractivity (Wildman–Crippen MR) is 99.7 cm³/mol. The molecule has 0 spiro atoms. The zero-order chi connectivity index (χ0) is 14.5. The summed E-state index contributed by atoms with van der Waals surface area (Å²) in [6.07, 6.45) is 9.94. The van der Waals surface area contributed by atoms with Crippen LogP contribution in [0.5, 0.6) is 0 Å². The van der Waals surface area contributed by atoms with E-state index in [4.69, 9.17) is 0 Å². The summed E-state index contributed by atoms with van der Waals surface area (Å²) in [6.45, 7) is 6.40. The lowest BCUT2D eigenvalue weighted by molar-refractivity contribution is -0.133. The van der Waals surface area contributed by atoms with E-state index in [0.29, 0.717) is 5.91 Å². The fraction of sp³-hybridized carbons (Fsp3) is 0.941. The molecule has 6 heteroatoms. The molecular formula is C17H33Cl2N3O. The number of piperazine rings is 1. The van der Waals surface area contributed by atoms with Gasteiger partial charge in [0.1, 0.15) is 0 Å². The van der Waals surface area contributed by atoms with Gasteiger partial charge in [0.05, 0.1) is 0 Å². The number of piperidine rings is 1. The van der Waals surface area contributed by atoms with E-state index in [1.165, 1.54) is 38.5 Å². The Bertz CT molecular complexity index is 337. The van der Waals surface area contributed by atoms with E-state index in [9.17, 15) is 4.79 Å². The molecule has 0 radical (unpaired) electrons. The highest BCUT2D eigenvalue weighted by molar-refractivity contribution is 5.85. The quantitative estimate of drug-likeness (QED) is 0.831. The summed E-state index contributed by atoms with van der Waals surface area (Å²) in [5, 5.41) is 3.40. The zero-order valence-electron chi connectivity index (χ0n) is 14.2. The fourth-order valence-electron chi connectivity index (χ4n) is 4.26. The van der Waals surface area contributed by atoms with Crippen molar-refractivity contribution in [3.05, 3.63) is 0 Å². The number of nitrogens with one attached hydrogen (secondary N) is 1. The van der Waals surface area contributed by atoms with Crippen LogP contribution in [0.15, 0.2) is 0 Å². The number of carbonyl (C=O) groups is 1. The highest BCUT2D eigenvalue weighted by Crippen LogP contribution is 2.24. The fourth-order valence-corrected chi connectivity index (χ4v) is 4.26. The first-order chi connectivity index (χ1) is 10.3. The zero-order valence-corrected chi connectivity index (χ0v) is 15.8. The number of hydrogen-bond donors (Lipinski definition) is 1. The summed E-state index contributed by atoms with van der Waals surface area (Å²) in [4.78, 5) is 17.1. The van der Waals surface area contributed by atoms with Crippen molar-refractivity contribution in [3.8, 4) is 0 Å². The number of rotatable bonds is 4. The molecule has 0 atom stereocenters. The largest absolute Gasteiger partial charge is 0.340 e. The minimum Gasteiger partial charge on any atom is -0.340 e. The summed E-state index contributed by atoms with van der Waals surface area (Å²) in [5.41, 5.74) is 0. The van der Waals surface area contributed by atoms with Gasteiger partial charge in [0.2, 0.25) is 5.91 Å². The van der Waals surface area contributed by atoms with Crippen LogP contribution in [0.2, 0.25) is 0 Å². The summed E-state index contributed by atoms with van der Waals surface area (Å²) < 4.78 is 0. The molecular weight excluding hydrogens is 333 g/mol. The Morgan fingerprint density at radius 1 is 0.913 bits per heavy atom. The Morgan fingerprint density at radius 3 is 2.13 bits per heavy atom. The van der Waals surface area contributed by atoms with E-state index in [2.05, 4.69) is 15.1 Å². The second kappa shape index (κ2) is 10.8. The Kier molecular flexibility index (Phi) is 9.83. The predicted octanol–water partition coefficient (Wildman–Crippen LogP) is 2.70. The number of carbonyl (C=O) groups excluding carboxylic acids is 1. The summed E-state index contributed by atoms with van der Waals surface area (Å²) in [5.74, 6) is 1.18. The SMILES string of the molecule is Cl.Cl.O=C(CCC1CCNCC1)N1CCN(C2CCCC2)CC1. The molecule has 0 aromatic rings. The minimum atomic E-state index is 0. The van der Waals surface area contributed by atoms with E-state index in [1.54, 1.807) is 0 Å². The average Bonchev–Trinajstić information content (AvgIpc) is 3.08. The molecule has 23 heavy (non-hydrogen) atoms. The number of nitrogens with zero attached hydrogens (tertiary/aromatic N) is 2. The average molecular weight is 366 g/mol. The standard InChI is InChI=1S/C17H31N3O.2ClH/c21-17(6-5-15-7-9-18-10-8-15)20-13-11-19(12-14-20)16-3-1-2-4-16;;/h15-16,18H,1-14H2;2*1H. The third kappa shape index (κ3) is 6.08. The molecule has 0 aromatic heterocycles. The van der Waals surface area contributed by atoms with Crippen LogP contribution in [0.3, 0.4) is 0 Å². The van der Waals surface area contributed by atoms with Crippen molar-refractivity contribution < 1.29 is 4.79 Å². The van der Waals surface area contributed by atoms with Crippen LogP contribution >= 0.6 is 24.8 Å². The topological polar surface area (TPSA) is 35.6 Å². The number of hydrogen-bond acceptors (Lipinski definition) is 3. The number of halogens is 2. The van der Waals surface area contributed by atoms with Crippen molar-refractivity contribution in [1.82, 2.24) is 15.1 Å². The lowest BCUT2D eigenvalue weighted by atomic mass is 9.93. The third-order valence-corrected chi connectivity index (χ3v) is 5.73. The van der Waals surface area contributed by atoms with Gasteiger partial charge in [-0.2, -0.15) is 0 Å². The maximum atomic E-state index is 12.4. The monoisotopic (exact) mass is 365 g/mol. The van der Waals surface area contributed by atoms with Gasteiger partial charge < -0.3 is 10.2 Å². The molecule has 3 rings (SSSR count). The molecule has 0 aromatic carbocycles. The van der Waals surface area contributed by atoms with Gasteiger partial charge in [0, 0.05) is 38.6 Å². The molecule has 0 unspecified atom stereocenters. The highest BCUT2D eigenvalue weighted by atomic mass is 35.5. The van der Waals surface area contributed by atoms with E-state index in [1.807, 2.05) is 0 Å². The van der Waals surface area contributed by atoms with E-state index < -0.39 is 0 Å². The van der Waals surface area contributed by atoms with Gasteiger partial charge in [-0.25, -0.2) is 0 Å². The van der Waals surface area contributed by atoms with E-state index in [0.717, 1.165) is 64.1 Å². The lowest BCUT2D eigenvalue weighted by Gasteiger charge is -2.38. The van der Waals surface area contributed by atoms with Crippen LogP contribution in [-0.2, 0) is 4.79 Å². The molecule has 1 amide bonds.